The monoisotopic (exact) mass is 492 g/mol. The summed E-state index contributed by atoms with van der Waals surface area (Å²) >= 11 is 0. The first-order valence-corrected chi connectivity index (χ1v) is 11.6. The molecule has 1 aliphatic heterocycles. The van der Waals surface area contributed by atoms with Gasteiger partial charge in [0.2, 0.25) is 11.5 Å². The summed E-state index contributed by atoms with van der Waals surface area (Å²) in [5, 5.41) is 27.0. The number of anilines is 1. The molecule has 1 aromatic carbocycles. The van der Waals surface area contributed by atoms with Crippen LogP contribution in [0.3, 0.4) is 0 Å². The molecule has 4 N–H and O–H groups in total. The number of rotatable bonds is 8. The summed E-state index contributed by atoms with van der Waals surface area (Å²) in [7, 11) is 0. The predicted molar refractivity (Wildman–Crippen MR) is 128 cm³/mol. The number of hydrogen-bond donors (Lipinski definition) is 3. The van der Waals surface area contributed by atoms with Crippen LogP contribution in [0.4, 0.5) is 5.82 Å². The van der Waals surface area contributed by atoms with E-state index in [0.717, 1.165) is 5.56 Å². The normalized spacial score (nSPS) is 22.3. The van der Waals surface area contributed by atoms with Gasteiger partial charge in [0.1, 0.15) is 30.1 Å². The van der Waals surface area contributed by atoms with Crippen LogP contribution in [-0.2, 0) is 31.1 Å². The number of benzene rings is 1. The minimum atomic E-state index is -1.55. The Balaban J connectivity index is 1.58. The van der Waals surface area contributed by atoms with Crippen molar-refractivity contribution in [1.82, 2.24) is 14.6 Å². The summed E-state index contributed by atoms with van der Waals surface area (Å²) in [5.74, 6) is -0.731. The Kier molecular flexibility index (Phi) is 7.30. The minimum absolute atomic E-state index is 0.00864. The van der Waals surface area contributed by atoms with Gasteiger partial charge in [0.15, 0.2) is 5.82 Å². The molecule has 0 bridgehead atoms. The van der Waals surface area contributed by atoms with Gasteiger partial charge in [0.25, 0.3) is 0 Å². The lowest BCUT2D eigenvalue weighted by molar-refractivity contribution is -0.152. The highest BCUT2D eigenvalue weighted by Gasteiger charge is 2.51. The fourth-order valence-corrected chi connectivity index (χ4v) is 4.18. The molecule has 1 aliphatic rings. The van der Waals surface area contributed by atoms with Gasteiger partial charge in [-0.05, 0) is 23.6 Å². The van der Waals surface area contributed by atoms with Crippen LogP contribution >= 0.6 is 0 Å². The summed E-state index contributed by atoms with van der Waals surface area (Å²) in [4.78, 5) is 29.2. The van der Waals surface area contributed by atoms with Crippen molar-refractivity contribution in [3.8, 4) is 6.07 Å². The molecule has 0 saturated carbocycles. The maximum atomic E-state index is 12.6. The quantitative estimate of drug-likeness (QED) is 0.393. The molecule has 188 valence electrons. The largest absolute Gasteiger partial charge is 0.459 e. The van der Waals surface area contributed by atoms with Gasteiger partial charge in [-0.25, -0.2) is 9.50 Å². The van der Waals surface area contributed by atoms with E-state index in [1.165, 1.54) is 10.8 Å². The van der Waals surface area contributed by atoms with E-state index >= 15 is 0 Å². The molecule has 1 fully saturated rings. The van der Waals surface area contributed by atoms with Gasteiger partial charge in [-0.1, -0.05) is 44.2 Å². The fourth-order valence-electron chi connectivity index (χ4n) is 4.18. The second-order valence-electron chi connectivity index (χ2n) is 9.06. The first-order valence-electron chi connectivity index (χ1n) is 11.6. The van der Waals surface area contributed by atoms with Gasteiger partial charge in [-0.3, -0.25) is 9.59 Å². The smallest absolute Gasteiger partial charge is 0.310 e. The van der Waals surface area contributed by atoms with Gasteiger partial charge in [-0.2, -0.15) is 10.4 Å². The van der Waals surface area contributed by atoms with E-state index in [0.29, 0.717) is 11.2 Å². The number of fused-ring (bicyclic) bond motifs is 1. The number of hydrogen-bond acceptors (Lipinski definition) is 9. The number of esters is 1. The van der Waals surface area contributed by atoms with Crippen molar-refractivity contribution in [1.29, 1.82) is 5.26 Å². The first kappa shape index (κ1) is 25.2. The highest BCUT2D eigenvalue weighted by atomic mass is 16.6. The van der Waals surface area contributed by atoms with Crippen molar-refractivity contribution in [2.75, 3.05) is 11.9 Å². The van der Waals surface area contributed by atoms with Crippen LogP contribution in [0.1, 0.15) is 31.5 Å². The van der Waals surface area contributed by atoms with Crippen LogP contribution in [0.15, 0.2) is 48.8 Å². The van der Waals surface area contributed by atoms with Crippen molar-refractivity contribution >= 4 is 23.2 Å². The van der Waals surface area contributed by atoms with E-state index < -0.39 is 42.3 Å². The molecule has 1 saturated heterocycles. The van der Waals surface area contributed by atoms with E-state index in [9.17, 15) is 20.0 Å². The maximum absolute atomic E-state index is 12.6. The third-order valence-electron chi connectivity index (χ3n) is 6.22. The zero-order valence-corrected chi connectivity index (χ0v) is 20.0. The average molecular weight is 493 g/mol. The second kappa shape index (κ2) is 10.4. The Hall–Kier alpha value is -3.85. The number of nitriles is 1. The minimum Gasteiger partial charge on any atom is -0.459 e. The number of nitrogens with one attached hydrogen (secondary N) is 1. The molecule has 0 aliphatic carbocycles. The molecule has 3 aromatic rings. The average Bonchev–Trinajstić information content (AvgIpc) is 3.46. The number of aromatic nitrogens is 3. The third-order valence-corrected chi connectivity index (χ3v) is 6.22. The van der Waals surface area contributed by atoms with E-state index in [4.69, 9.17) is 15.2 Å². The van der Waals surface area contributed by atoms with Gasteiger partial charge < -0.3 is 25.6 Å². The van der Waals surface area contributed by atoms with Gasteiger partial charge >= 0.3 is 5.97 Å². The molecule has 3 heterocycles. The van der Waals surface area contributed by atoms with Crippen molar-refractivity contribution < 1.29 is 24.2 Å². The standard InChI is InChI=1S/C25H28N6O5/c1-15(2)22(27)24(34)30-23-17-8-9-20(31(17)29-14-28-23)25(13-26)11-18(19(12-32)36-25)35-21(33)10-16-6-4-3-5-7-16/h3-9,14-15,18-19,22,32H,10-12,27H2,1-2H3,(H,28,29,30,34)/t18-,19+,22-,25-/m0/s1. The maximum Gasteiger partial charge on any atom is 0.310 e. The number of aliphatic hydroxyl groups is 1. The lowest BCUT2D eigenvalue weighted by Gasteiger charge is -2.20. The third kappa shape index (κ3) is 4.92. The molecule has 11 nitrogen and oxygen atoms in total. The Labute approximate surface area is 207 Å². The molecule has 1 amide bonds. The summed E-state index contributed by atoms with van der Waals surface area (Å²) in [6, 6.07) is 13.8. The highest BCUT2D eigenvalue weighted by molar-refractivity contribution is 5.97. The lowest BCUT2D eigenvalue weighted by atomic mass is 9.96. The first-order chi connectivity index (χ1) is 17.3. The Morgan fingerprint density at radius 2 is 2.08 bits per heavy atom. The summed E-state index contributed by atoms with van der Waals surface area (Å²) in [5.41, 5.74) is 5.96. The number of nitrogens with two attached hydrogens (primary N) is 1. The molecular weight excluding hydrogens is 464 g/mol. The number of nitrogens with zero attached hydrogens (tertiary/aromatic N) is 4. The van der Waals surface area contributed by atoms with Gasteiger partial charge in [0.05, 0.1) is 24.8 Å². The number of carbonyl (C=O) groups excluding carboxylic acids is 2. The molecule has 4 atom stereocenters. The van der Waals surface area contributed by atoms with Gasteiger partial charge in [0, 0.05) is 6.42 Å². The molecule has 0 unspecified atom stereocenters. The van der Waals surface area contributed by atoms with Crippen LogP contribution in [-0.4, -0.2) is 56.4 Å². The lowest BCUT2D eigenvalue weighted by Crippen LogP contribution is -2.40. The zero-order valence-electron chi connectivity index (χ0n) is 20.0. The summed E-state index contributed by atoms with van der Waals surface area (Å²) in [6.45, 7) is 3.23. The fraction of sp³-hybridized carbons (Fsp3) is 0.400. The van der Waals surface area contributed by atoms with Crippen molar-refractivity contribution in [3.05, 3.63) is 60.0 Å². The Bertz CT molecular complexity index is 1290. The summed E-state index contributed by atoms with van der Waals surface area (Å²) in [6.07, 6.45) is -0.460. The SMILES string of the molecule is CC(C)[C@H](N)C(=O)Nc1ncnn2c([C@@]3(C#N)C[C@H](OC(=O)Cc4ccccc4)[C@@H](CO)O3)ccc12. The number of carbonyl (C=O) groups is 2. The van der Waals surface area contributed by atoms with Crippen molar-refractivity contribution in [2.24, 2.45) is 11.7 Å². The summed E-state index contributed by atoms with van der Waals surface area (Å²) < 4.78 is 13.0. The molecular formula is C25H28N6O5. The van der Waals surface area contributed by atoms with E-state index in [1.54, 1.807) is 12.1 Å². The zero-order chi connectivity index (χ0) is 25.9. The Morgan fingerprint density at radius 3 is 2.75 bits per heavy atom. The Morgan fingerprint density at radius 1 is 1.33 bits per heavy atom. The molecule has 0 spiro atoms. The molecule has 11 heteroatoms. The van der Waals surface area contributed by atoms with E-state index in [-0.39, 0.29) is 24.6 Å². The van der Waals surface area contributed by atoms with Crippen LogP contribution in [0, 0.1) is 17.2 Å². The topological polar surface area (TPSA) is 165 Å². The van der Waals surface area contributed by atoms with Crippen LogP contribution in [0.5, 0.6) is 0 Å². The molecule has 2 aromatic heterocycles. The highest BCUT2D eigenvalue weighted by Crippen LogP contribution is 2.41. The number of aliphatic hydroxyl groups excluding tert-OH is 1. The molecule has 4 rings (SSSR count). The van der Waals surface area contributed by atoms with Crippen LogP contribution in [0.2, 0.25) is 0 Å². The van der Waals surface area contributed by atoms with E-state index in [2.05, 4.69) is 21.5 Å². The number of amides is 1. The molecule has 0 radical (unpaired) electrons. The van der Waals surface area contributed by atoms with Gasteiger partial charge in [-0.15, -0.1) is 0 Å². The predicted octanol–water partition coefficient (Wildman–Crippen LogP) is 1.31. The second-order valence-corrected chi connectivity index (χ2v) is 9.06. The number of ether oxygens (including phenoxy) is 2. The van der Waals surface area contributed by atoms with Crippen LogP contribution in [0.25, 0.3) is 5.52 Å². The van der Waals surface area contributed by atoms with Crippen LogP contribution < -0.4 is 11.1 Å². The van der Waals surface area contributed by atoms with Crippen molar-refractivity contribution in [2.45, 2.75) is 50.5 Å². The van der Waals surface area contributed by atoms with Crippen molar-refractivity contribution in [3.63, 3.8) is 0 Å². The molecule has 36 heavy (non-hydrogen) atoms. The van der Waals surface area contributed by atoms with E-state index in [1.807, 2.05) is 44.2 Å².